The predicted molar refractivity (Wildman–Crippen MR) is 114 cm³/mol. The van der Waals surface area contributed by atoms with Gasteiger partial charge in [0, 0.05) is 31.9 Å². The zero-order valence-corrected chi connectivity index (χ0v) is 17.5. The zero-order valence-electron chi connectivity index (χ0n) is 15.9. The molecule has 0 aromatic carbocycles. The fourth-order valence-electron chi connectivity index (χ4n) is 4.70. The lowest BCUT2D eigenvalue weighted by atomic mass is 9.85. The number of nitrogens with one attached hydrogen (secondary N) is 2. The van der Waals surface area contributed by atoms with Gasteiger partial charge in [0.1, 0.15) is 5.82 Å². The van der Waals surface area contributed by atoms with Crippen LogP contribution in [-0.2, 0) is 11.3 Å². The fraction of sp³-hybridized carbons (Fsp3) is 0.700. The van der Waals surface area contributed by atoms with Crippen LogP contribution in [0, 0.1) is 5.92 Å². The van der Waals surface area contributed by atoms with Crippen LogP contribution in [0.5, 0.6) is 0 Å². The number of nitrogens with zero attached hydrogens (tertiary/aromatic N) is 2. The molecule has 1 aliphatic carbocycles. The van der Waals surface area contributed by atoms with Crippen LogP contribution in [0.15, 0.2) is 18.3 Å². The van der Waals surface area contributed by atoms with Crippen molar-refractivity contribution in [3.8, 4) is 0 Å². The third-order valence-electron chi connectivity index (χ3n) is 6.14. The van der Waals surface area contributed by atoms with Gasteiger partial charge >= 0.3 is 0 Å². The van der Waals surface area contributed by atoms with Gasteiger partial charge in [0.15, 0.2) is 0 Å². The summed E-state index contributed by atoms with van der Waals surface area (Å²) >= 11 is 0. The molecule has 1 saturated carbocycles. The Hall–Kier alpha value is -1.04. The van der Waals surface area contributed by atoms with E-state index in [2.05, 4.69) is 26.6 Å². The normalized spacial score (nSPS) is 27.1. The lowest BCUT2D eigenvalue weighted by Crippen LogP contribution is -2.42. The number of piperidine rings is 1. The zero-order chi connectivity index (χ0) is 17.1. The van der Waals surface area contributed by atoms with Crippen LogP contribution in [0.25, 0.3) is 0 Å². The van der Waals surface area contributed by atoms with Crippen molar-refractivity contribution in [2.24, 2.45) is 5.92 Å². The summed E-state index contributed by atoms with van der Waals surface area (Å²) in [6, 6.07) is 4.70. The molecule has 3 atom stereocenters. The van der Waals surface area contributed by atoms with Crippen molar-refractivity contribution >= 4 is 36.5 Å². The van der Waals surface area contributed by atoms with Crippen molar-refractivity contribution < 1.29 is 4.79 Å². The van der Waals surface area contributed by atoms with Gasteiger partial charge in [-0.1, -0.05) is 12.8 Å². The molecular weight excluding hydrogens is 383 g/mol. The third-order valence-corrected chi connectivity index (χ3v) is 6.14. The second-order valence-electron chi connectivity index (χ2n) is 7.89. The van der Waals surface area contributed by atoms with Crippen molar-refractivity contribution in [3.05, 3.63) is 23.9 Å². The van der Waals surface area contributed by atoms with Gasteiger partial charge in [-0.2, -0.15) is 0 Å². The molecule has 0 spiro atoms. The Kier molecular flexibility index (Phi) is 8.64. The number of anilines is 1. The summed E-state index contributed by atoms with van der Waals surface area (Å²) in [5.74, 6) is 1.92. The highest BCUT2D eigenvalue weighted by Gasteiger charge is 2.37. The molecule has 7 heteroatoms. The Morgan fingerprint density at radius 2 is 1.93 bits per heavy atom. The first kappa shape index (κ1) is 22.3. The maximum absolute atomic E-state index is 12.5. The van der Waals surface area contributed by atoms with Crippen molar-refractivity contribution in [3.63, 3.8) is 0 Å². The first-order valence-corrected chi connectivity index (χ1v) is 10.0. The number of aromatic nitrogens is 1. The molecule has 1 aromatic rings. The number of halogens is 2. The summed E-state index contributed by atoms with van der Waals surface area (Å²) in [4.78, 5) is 19.4. The largest absolute Gasteiger partial charge is 0.357 e. The molecule has 1 amide bonds. The van der Waals surface area contributed by atoms with Gasteiger partial charge in [0.05, 0.1) is 6.04 Å². The minimum atomic E-state index is -0.00324. The molecule has 3 fully saturated rings. The van der Waals surface area contributed by atoms with Gasteiger partial charge in [0.2, 0.25) is 5.91 Å². The van der Waals surface area contributed by atoms with Crippen molar-refractivity contribution in [2.75, 3.05) is 18.0 Å². The number of hydrogen-bond donors (Lipinski definition) is 2. The molecule has 2 N–H and O–H groups in total. The van der Waals surface area contributed by atoms with E-state index < -0.39 is 0 Å². The van der Waals surface area contributed by atoms with Gasteiger partial charge in [-0.3, -0.25) is 4.79 Å². The van der Waals surface area contributed by atoms with E-state index in [0.29, 0.717) is 18.5 Å². The fourth-order valence-corrected chi connectivity index (χ4v) is 4.70. The number of carbonyl (C=O) groups is 1. The second kappa shape index (κ2) is 10.5. The van der Waals surface area contributed by atoms with E-state index in [4.69, 9.17) is 0 Å². The molecule has 0 bridgehead atoms. The van der Waals surface area contributed by atoms with Crippen LogP contribution in [0.1, 0.15) is 56.9 Å². The van der Waals surface area contributed by atoms with E-state index in [1.165, 1.54) is 44.9 Å². The molecule has 4 rings (SSSR count). The predicted octanol–water partition coefficient (Wildman–Crippen LogP) is 3.45. The molecule has 3 unspecified atom stereocenters. The van der Waals surface area contributed by atoms with E-state index in [9.17, 15) is 4.79 Å². The summed E-state index contributed by atoms with van der Waals surface area (Å²) in [6.45, 7) is 2.78. The first-order valence-electron chi connectivity index (χ1n) is 10.0. The van der Waals surface area contributed by atoms with Crippen LogP contribution >= 0.6 is 24.8 Å². The number of rotatable bonds is 4. The van der Waals surface area contributed by atoms with Gasteiger partial charge in [-0.25, -0.2) is 4.98 Å². The number of pyridine rings is 1. The Morgan fingerprint density at radius 1 is 1.15 bits per heavy atom. The molecule has 1 aromatic heterocycles. The second-order valence-corrected chi connectivity index (χ2v) is 7.89. The molecule has 5 nitrogen and oxygen atoms in total. The number of fused-ring (bicyclic) bond motifs is 1. The Balaban J connectivity index is 0.00000131. The van der Waals surface area contributed by atoms with E-state index in [0.717, 1.165) is 30.9 Å². The molecule has 152 valence electrons. The maximum Gasteiger partial charge on any atom is 0.237 e. The lowest BCUT2D eigenvalue weighted by Gasteiger charge is -2.28. The Morgan fingerprint density at radius 3 is 2.70 bits per heavy atom. The quantitative estimate of drug-likeness (QED) is 0.791. The van der Waals surface area contributed by atoms with E-state index in [1.54, 1.807) is 0 Å². The number of amides is 1. The van der Waals surface area contributed by atoms with E-state index in [1.807, 2.05) is 12.3 Å². The molecule has 3 aliphatic rings. The smallest absolute Gasteiger partial charge is 0.237 e. The lowest BCUT2D eigenvalue weighted by molar-refractivity contribution is -0.123. The van der Waals surface area contributed by atoms with Crippen LogP contribution in [0.4, 0.5) is 5.82 Å². The molecule has 3 heterocycles. The first-order chi connectivity index (χ1) is 12.3. The van der Waals surface area contributed by atoms with Crippen LogP contribution in [0.3, 0.4) is 0 Å². The monoisotopic (exact) mass is 414 g/mol. The minimum absolute atomic E-state index is 0. The van der Waals surface area contributed by atoms with Crippen LogP contribution in [-0.4, -0.2) is 36.1 Å². The summed E-state index contributed by atoms with van der Waals surface area (Å²) in [5, 5.41) is 6.69. The summed E-state index contributed by atoms with van der Waals surface area (Å²) in [5.41, 5.74) is 1.14. The van der Waals surface area contributed by atoms with E-state index >= 15 is 0 Å². The van der Waals surface area contributed by atoms with Gasteiger partial charge in [-0.15, -0.1) is 24.8 Å². The highest BCUT2D eigenvalue weighted by Crippen LogP contribution is 2.33. The highest BCUT2D eigenvalue weighted by molar-refractivity contribution is 5.85. The third kappa shape index (κ3) is 5.49. The van der Waals surface area contributed by atoms with Gasteiger partial charge in [0.25, 0.3) is 0 Å². The Bertz CT molecular complexity index is 595. The topological polar surface area (TPSA) is 57.3 Å². The van der Waals surface area contributed by atoms with Gasteiger partial charge in [-0.05, 0) is 62.1 Å². The minimum Gasteiger partial charge on any atom is -0.357 e. The van der Waals surface area contributed by atoms with Crippen molar-refractivity contribution in [1.29, 1.82) is 0 Å². The summed E-state index contributed by atoms with van der Waals surface area (Å²) in [7, 11) is 0. The van der Waals surface area contributed by atoms with Crippen LogP contribution < -0.4 is 15.5 Å². The molecule has 2 aliphatic heterocycles. The average molecular weight is 415 g/mol. The van der Waals surface area contributed by atoms with E-state index in [-0.39, 0.29) is 36.8 Å². The molecule has 27 heavy (non-hydrogen) atoms. The standard InChI is InChI=1S/C20H30N4O.2ClH/c25-20(18-13-16-6-2-3-7-17(16)23-18)22-14-15-8-9-21-19(12-15)24-10-4-1-5-11-24;;/h8-9,12,16-18,23H,1-7,10-11,13-14H2,(H,22,25);2*1H. The van der Waals surface area contributed by atoms with Crippen LogP contribution in [0.2, 0.25) is 0 Å². The maximum atomic E-state index is 12.5. The highest BCUT2D eigenvalue weighted by atomic mass is 35.5. The van der Waals surface area contributed by atoms with Crippen molar-refractivity contribution in [1.82, 2.24) is 15.6 Å². The van der Waals surface area contributed by atoms with Crippen molar-refractivity contribution in [2.45, 2.75) is 70.0 Å². The summed E-state index contributed by atoms with van der Waals surface area (Å²) in [6.07, 6.45) is 11.8. The molecular formula is C20H32Cl2N4O. The molecule has 0 radical (unpaired) electrons. The summed E-state index contributed by atoms with van der Waals surface area (Å²) < 4.78 is 0. The molecule has 2 saturated heterocycles. The average Bonchev–Trinajstić information content (AvgIpc) is 3.11. The SMILES string of the molecule is Cl.Cl.O=C(NCc1ccnc(N2CCCCC2)c1)C1CC2CCCCC2N1. The number of hydrogen-bond acceptors (Lipinski definition) is 4. The number of carbonyl (C=O) groups excluding carboxylic acids is 1. The van der Waals surface area contributed by atoms with Gasteiger partial charge < -0.3 is 15.5 Å². The Labute approximate surface area is 174 Å².